The van der Waals surface area contributed by atoms with Gasteiger partial charge in [-0.1, -0.05) is 0 Å². The molecule has 0 aliphatic rings. The zero-order chi connectivity index (χ0) is 10.8. The van der Waals surface area contributed by atoms with Crippen LogP contribution in [0.2, 0.25) is 0 Å². The minimum atomic E-state index is -0.474. The molecule has 0 unspecified atom stereocenters. The molecule has 1 amide bonds. The van der Waals surface area contributed by atoms with Crippen molar-refractivity contribution in [2.24, 2.45) is 0 Å². The summed E-state index contributed by atoms with van der Waals surface area (Å²) in [4.78, 5) is 11.3. The first-order chi connectivity index (χ1) is 6.38. The molecule has 1 heterocycles. The van der Waals surface area contributed by atoms with E-state index in [1.54, 1.807) is 0 Å². The average Bonchev–Trinajstić information content (AvgIpc) is 2.32. The van der Waals surface area contributed by atoms with Crippen molar-refractivity contribution in [3.63, 3.8) is 0 Å². The molecule has 0 fully saturated rings. The Hall–Kier alpha value is -0.871. The number of amides is 1. The quantitative estimate of drug-likeness (QED) is 0.772. The molecule has 1 N–H and O–H groups in total. The Kier molecular flexibility index (Phi) is 3.29. The van der Waals surface area contributed by atoms with Gasteiger partial charge in [0.25, 0.3) is 0 Å². The molecule has 0 atom stereocenters. The molecule has 0 saturated heterocycles. The van der Waals surface area contributed by atoms with Crippen molar-refractivity contribution in [3.8, 4) is 0 Å². The maximum absolute atomic E-state index is 11.3. The number of nitrogens with one attached hydrogen (secondary N) is 1. The van der Waals surface area contributed by atoms with Crippen LogP contribution in [0, 0.1) is 6.92 Å². The molecule has 0 aromatic carbocycles. The zero-order valence-corrected chi connectivity index (χ0v) is 10.3. The topological polar surface area (TPSA) is 64.1 Å². The molecule has 0 spiro atoms. The molecule has 0 aliphatic carbocycles. The predicted octanol–water partition coefficient (Wildman–Crippen LogP) is 1.19. The summed E-state index contributed by atoms with van der Waals surface area (Å²) in [6.45, 7) is 7.28. The van der Waals surface area contributed by atoms with Crippen molar-refractivity contribution in [2.45, 2.75) is 33.3 Å². The number of anilines is 1. The Morgan fingerprint density at radius 2 is 2.14 bits per heavy atom. The molecule has 5 nitrogen and oxygen atoms in total. The number of nitrogens with zero attached hydrogens (tertiary/aromatic N) is 2. The molecule has 0 aliphatic heterocycles. The van der Waals surface area contributed by atoms with E-state index >= 15 is 0 Å². The minimum absolute atomic E-state index is 0.110. The molecular formula is C8H13N3O2Se. The van der Waals surface area contributed by atoms with Gasteiger partial charge in [-0.05, 0) is 0 Å². The fourth-order valence-electron chi connectivity index (χ4n) is 0.744. The van der Waals surface area contributed by atoms with Crippen LogP contribution in [0.1, 0.15) is 26.5 Å². The Balaban J connectivity index is 2.54. The maximum atomic E-state index is 11.3. The number of aromatic nitrogens is 2. The average molecular weight is 262 g/mol. The standard InChI is InChI=1S/C8H13N3O2Se/c1-5-6(14-11-10-5)9-7(12)13-8(2,3)4/h1-4H3,(H,9,12). The van der Waals surface area contributed by atoms with Crippen LogP contribution in [-0.2, 0) is 4.74 Å². The zero-order valence-electron chi connectivity index (χ0n) is 8.62. The summed E-state index contributed by atoms with van der Waals surface area (Å²) < 4.78 is 9.70. The van der Waals surface area contributed by atoms with Gasteiger partial charge in [-0.15, -0.1) is 0 Å². The Bertz CT molecular complexity index is 330. The van der Waals surface area contributed by atoms with E-state index in [2.05, 4.69) is 14.5 Å². The number of carbonyl (C=O) groups excluding carboxylic acids is 1. The number of carbonyl (C=O) groups is 1. The van der Waals surface area contributed by atoms with Crippen molar-refractivity contribution in [3.05, 3.63) is 5.69 Å². The third kappa shape index (κ3) is 3.47. The van der Waals surface area contributed by atoms with Crippen LogP contribution in [0.25, 0.3) is 0 Å². The first-order valence-corrected chi connectivity index (χ1v) is 5.80. The van der Waals surface area contributed by atoms with Crippen LogP contribution in [0.3, 0.4) is 0 Å². The predicted molar refractivity (Wildman–Crippen MR) is 53.6 cm³/mol. The second kappa shape index (κ2) is 4.11. The normalized spacial score (nSPS) is 11.1. The summed E-state index contributed by atoms with van der Waals surface area (Å²) in [7, 11) is 0. The molecule has 78 valence electrons. The summed E-state index contributed by atoms with van der Waals surface area (Å²) >= 11 is -0.110. The fourth-order valence-corrected chi connectivity index (χ4v) is 1.89. The Labute approximate surface area is 88.8 Å². The molecule has 1 rings (SSSR count). The van der Waals surface area contributed by atoms with Crippen LogP contribution in [0.15, 0.2) is 0 Å². The number of hydrogen-bond donors (Lipinski definition) is 1. The number of ether oxygens (including phenoxy) is 1. The summed E-state index contributed by atoms with van der Waals surface area (Å²) in [5.74, 6) is 0. The monoisotopic (exact) mass is 263 g/mol. The van der Waals surface area contributed by atoms with Gasteiger partial charge in [-0.25, -0.2) is 0 Å². The van der Waals surface area contributed by atoms with Gasteiger partial charge in [0.05, 0.1) is 0 Å². The molecule has 14 heavy (non-hydrogen) atoms. The van der Waals surface area contributed by atoms with Crippen LogP contribution >= 0.6 is 0 Å². The van der Waals surface area contributed by atoms with Crippen molar-refractivity contribution in [1.82, 2.24) is 9.19 Å². The van der Waals surface area contributed by atoms with Gasteiger partial charge >= 0.3 is 88.4 Å². The molecule has 0 saturated carbocycles. The van der Waals surface area contributed by atoms with Gasteiger partial charge in [0.2, 0.25) is 0 Å². The van der Waals surface area contributed by atoms with Crippen LogP contribution < -0.4 is 5.32 Å². The summed E-state index contributed by atoms with van der Waals surface area (Å²) in [5, 5.41) is 6.47. The molecule has 6 heteroatoms. The van der Waals surface area contributed by atoms with E-state index in [9.17, 15) is 4.79 Å². The fraction of sp³-hybridized carbons (Fsp3) is 0.625. The first kappa shape index (κ1) is 11.2. The van der Waals surface area contributed by atoms with Crippen LogP contribution in [-0.4, -0.2) is 35.6 Å². The van der Waals surface area contributed by atoms with Crippen molar-refractivity contribution < 1.29 is 9.53 Å². The molecule has 0 radical (unpaired) electrons. The SMILES string of the molecule is Cc1nn[se]c1NC(=O)OC(C)(C)C. The number of aryl methyl sites for hydroxylation is 1. The van der Waals surface area contributed by atoms with Gasteiger partial charge in [0, 0.05) is 0 Å². The van der Waals surface area contributed by atoms with E-state index in [1.807, 2.05) is 27.7 Å². The molecule has 0 bridgehead atoms. The van der Waals surface area contributed by atoms with Gasteiger partial charge < -0.3 is 0 Å². The van der Waals surface area contributed by atoms with E-state index < -0.39 is 11.7 Å². The first-order valence-electron chi connectivity index (χ1n) is 4.17. The molecular weight excluding hydrogens is 249 g/mol. The summed E-state index contributed by atoms with van der Waals surface area (Å²) in [6.07, 6.45) is -0.443. The van der Waals surface area contributed by atoms with E-state index in [1.165, 1.54) is 0 Å². The second-order valence-corrected chi connectivity index (χ2v) is 5.40. The van der Waals surface area contributed by atoms with Gasteiger partial charge in [-0.3, -0.25) is 0 Å². The van der Waals surface area contributed by atoms with Gasteiger partial charge in [0.15, 0.2) is 0 Å². The molecule has 1 aromatic heterocycles. The van der Waals surface area contributed by atoms with Crippen molar-refractivity contribution >= 4 is 25.4 Å². The second-order valence-electron chi connectivity index (χ2n) is 3.81. The van der Waals surface area contributed by atoms with E-state index in [0.29, 0.717) is 0 Å². The summed E-state index contributed by atoms with van der Waals surface area (Å²) in [5.41, 5.74) is 0.286. The van der Waals surface area contributed by atoms with Crippen molar-refractivity contribution in [1.29, 1.82) is 0 Å². The van der Waals surface area contributed by atoms with Gasteiger partial charge in [0.1, 0.15) is 0 Å². The van der Waals surface area contributed by atoms with Crippen LogP contribution in [0.4, 0.5) is 9.36 Å². The van der Waals surface area contributed by atoms with Crippen molar-refractivity contribution in [2.75, 3.05) is 5.32 Å². The Morgan fingerprint density at radius 1 is 1.50 bits per heavy atom. The van der Waals surface area contributed by atoms with Crippen LogP contribution in [0.5, 0.6) is 0 Å². The number of rotatable bonds is 1. The third-order valence-corrected chi connectivity index (χ3v) is 2.83. The summed E-state index contributed by atoms with van der Waals surface area (Å²) in [6, 6.07) is 0. The van der Waals surface area contributed by atoms with E-state index in [-0.39, 0.29) is 14.7 Å². The Morgan fingerprint density at radius 3 is 2.57 bits per heavy atom. The third-order valence-electron chi connectivity index (χ3n) is 1.27. The van der Waals surface area contributed by atoms with Gasteiger partial charge in [-0.2, -0.15) is 0 Å². The van der Waals surface area contributed by atoms with E-state index in [0.717, 1.165) is 10.3 Å². The molecule has 1 aromatic rings. The van der Waals surface area contributed by atoms with E-state index in [4.69, 9.17) is 4.74 Å². The number of hydrogen-bond acceptors (Lipinski definition) is 4.